The van der Waals surface area contributed by atoms with E-state index in [2.05, 4.69) is 11.4 Å². The summed E-state index contributed by atoms with van der Waals surface area (Å²) in [5, 5.41) is 2.88. The number of anilines is 1. The third-order valence-corrected chi connectivity index (χ3v) is 4.73. The first-order valence-corrected chi connectivity index (χ1v) is 8.91. The van der Waals surface area contributed by atoms with Crippen LogP contribution in [0.1, 0.15) is 32.1 Å². The van der Waals surface area contributed by atoms with Crippen molar-refractivity contribution in [3.63, 3.8) is 0 Å². The second kappa shape index (κ2) is 8.14. The van der Waals surface area contributed by atoms with Gasteiger partial charge in [0.1, 0.15) is 12.4 Å². The number of hydrogen-bond donors (Lipinski definition) is 1. The summed E-state index contributed by atoms with van der Waals surface area (Å²) in [6, 6.07) is 5.87. The van der Waals surface area contributed by atoms with Crippen LogP contribution in [0.4, 0.5) is 14.9 Å². The standard InChI is InChI=1S/C19H24FN3O2/c20-16-8-4-5-9-17(16)23-13-12-22(19(23)25)14-18(24)21-11-10-15-6-2-1-3-7-15/h4-6,8-9H,1-3,7,10-14H2,(H,21,24). The van der Waals surface area contributed by atoms with Crippen molar-refractivity contribution in [2.75, 3.05) is 31.1 Å². The van der Waals surface area contributed by atoms with E-state index in [-0.39, 0.29) is 24.2 Å². The molecule has 1 N–H and O–H groups in total. The van der Waals surface area contributed by atoms with E-state index < -0.39 is 5.82 Å². The van der Waals surface area contributed by atoms with Crippen molar-refractivity contribution >= 4 is 17.6 Å². The molecule has 134 valence electrons. The minimum Gasteiger partial charge on any atom is -0.354 e. The number of urea groups is 1. The van der Waals surface area contributed by atoms with Gasteiger partial charge in [0.05, 0.1) is 5.69 Å². The highest BCUT2D eigenvalue weighted by molar-refractivity contribution is 5.96. The topological polar surface area (TPSA) is 52.7 Å². The van der Waals surface area contributed by atoms with Crippen LogP contribution < -0.4 is 10.2 Å². The van der Waals surface area contributed by atoms with E-state index in [0.717, 1.165) is 19.3 Å². The summed E-state index contributed by atoms with van der Waals surface area (Å²) in [5.74, 6) is -0.594. The molecule has 1 saturated heterocycles. The van der Waals surface area contributed by atoms with Crippen LogP contribution in [-0.4, -0.2) is 43.0 Å². The highest BCUT2D eigenvalue weighted by Gasteiger charge is 2.32. The number of allylic oxidation sites excluding steroid dienone is 1. The maximum atomic E-state index is 13.9. The van der Waals surface area contributed by atoms with Gasteiger partial charge in [0.2, 0.25) is 5.91 Å². The number of nitrogens with zero attached hydrogens (tertiary/aromatic N) is 2. The average molecular weight is 345 g/mol. The van der Waals surface area contributed by atoms with E-state index in [4.69, 9.17) is 0 Å². The van der Waals surface area contributed by atoms with Gasteiger partial charge < -0.3 is 10.2 Å². The molecule has 1 fully saturated rings. The first-order chi connectivity index (χ1) is 12.1. The molecule has 2 aliphatic rings. The highest BCUT2D eigenvalue weighted by atomic mass is 19.1. The highest BCUT2D eigenvalue weighted by Crippen LogP contribution is 2.23. The monoisotopic (exact) mass is 345 g/mol. The summed E-state index contributed by atoms with van der Waals surface area (Å²) in [4.78, 5) is 27.3. The third kappa shape index (κ3) is 4.38. The lowest BCUT2D eigenvalue weighted by Crippen LogP contribution is -2.40. The summed E-state index contributed by atoms with van der Waals surface area (Å²) < 4.78 is 13.9. The number of para-hydroxylation sites is 1. The van der Waals surface area contributed by atoms with Gasteiger partial charge in [0.15, 0.2) is 0 Å². The van der Waals surface area contributed by atoms with Gasteiger partial charge in [-0.15, -0.1) is 0 Å². The SMILES string of the molecule is O=C(CN1CCN(c2ccccc2F)C1=O)NCCC1=CCCCC1. The fourth-order valence-corrected chi connectivity index (χ4v) is 3.35. The number of nitrogens with one attached hydrogen (secondary N) is 1. The Bertz CT molecular complexity index is 674. The van der Waals surface area contributed by atoms with E-state index >= 15 is 0 Å². The van der Waals surface area contributed by atoms with Gasteiger partial charge >= 0.3 is 6.03 Å². The first-order valence-electron chi connectivity index (χ1n) is 8.91. The third-order valence-electron chi connectivity index (χ3n) is 4.73. The molecule has 1 aliphatic heterocycles. The Kier molecular flexibility index (Phi) is 5.68. The molecule has 5 nitrogen and oxygen atoms in total. The Labute approximate surface area is 147 Å². The maximum absolute atomic E-state index is 13.9. The minimum atomic E-state index is -0.428. The Hall–Kier alpha value is -2.37. The van der Waals surface area contributed by atoms with Crippen LogP contribution in [0.2, 0.25) is 0 Å². The lowest BCUT2D eigenvalue weighted by molar-refractivity contribution is -0.121. The van der Waals surface area contributed by atoms with Gasteiger partial charge in [-0.3, -0.25) is 9.69 Å². The van der Waals surface area contributed by atoms with Crippen LogP contribution in [0, 0.1) is 5.82 Å². The van der Waals surface area contributed by atoms with E-state index in [1.807, 2.05) is 0 Å². The maximum Gasteiger partial charge on any atom is 0.325 e. The van der Waals surface area contributed by atoms with Gasteiger partial charge in [0, 0.05) is 19.6 Å². The Morgan fingerprint density at radius 1 is 1.20 bits per heavy atom. The molecule has 0 bridgehead atoms. The van der Waals surface area contributed by atoms with E-state index in [1.54, 1.807) is 18.2 Å². The summed E-state index contributed by atoms with van der Waals surface area (Å²) >= 11 is 0. The van der Waals surface area contributed by atoms with Crippen LogP contribution in [0.5, 0.6) is 0 Å². The zero-order chi connectivity index (χ0) is 17.6. The number of carbonyl (C=O) groups excluding carboxylic acids is 2. The smallest absolute Gasteiger partial charge is 0.325 e. The normalized spacial score (nSPS) is 17.6. The number of benzene rings is 1. The van der Waals surface area contributed by atoms with E-state index in [1.165, 1.54) is 34.3 Å². The molecule has 3 amide bonds. The van der Waals surface area contributed by atoms with Crippen molar-refractivity contribution in [2.24, 2.45) is 0 Å². The predicted octanol–water partition coefficient (Wildman–Crippen LogP) is 3.07. The Morgan fingerprint density at radius 2 is 2.04 bits per heavy atom. The predicted molar refractivity (Wildman–Crippen MR) is 94.9 cm³/mol. The molecular weight excluding hydrogens is 321 g/mol. The summed E-state index contributed by atoms with van der Waals surface area (Å²) in [6.45, 7) is 1.43. The molecule has 1 aromatic rings. The Morgan fingerprint density at radius 3 is 2.80 bits per heavy atom. The van der Waals surface area contributed by atoms with Crippen molar-refractivity contribution in [1.82, 2.24) is 10.2 Å². The summed E-state index contributed by atoms with van der Waals surface area (Å²) in [5.41, 5.74) is 1.68. The zero-order valence-corrected chi connectivity index (χ0v) is 14.3. The van der Waals surface area contributed by atoms with Crippen LogP contribution >= 0.6 is 0 Å². The molecule has 6 heteroatoms. The van der Waals surface area contributed by atoms with Gasteiger partial charge in [-0.2, -0.15) is 0 Å². The van der Waals surface area contributed by atoms with Gasteiger partial charge in [0.25, 0.3) is 0 Å². The van der Waals surface area contributed by atoms with Crippen molar-refractivity contribution in [3.8, 4) is 0 Å². The zero-order valence-electron chi connectivity index (χ0n) is 14.3. The van der Waals surface area contributed by atoms with Crippen molar-refractivity contribution in [1.29, 1.82) is 0 Å². The molecule has 0 radical (unpaired) electrons. The van der Waals surface area contributed by atoms with Crippen LogP contribution in [0.15, 0.2) is 35.9 Å². The molecule has 1 heterocycles. The largest absolute Gasteiger partial charge is 0.354 e. The molecule has 3 rings (SSSR count). The molecule has 0 spiro atoms. The molecule has 0 saturated carbocycles. The molecule has 25 heavy (non-hydrogen) atoms. The lowest BCUT2D eigenvalue weighted by Gasteiger charge is -2.19. The fourth-order valence-electron chi connectivity index (χ4n) is 3.35. The number of amides is 3. The molecule has 1 aromatic carbocycles. The molecule has 0 aromatic heterocycles. The molecule has 0 atom stereocenters. The van der Waals surface area contributed by atoms with Crippen molar-refractivity contribution in [3.05, 3.63) is 41.7 Å². The van der Waals surface area contributed by atoms with Crippen LogP contribution in [0.25, 0.3) is 0 Å². The van der Waals surface area contributed by atoms with E-state index in [0.29, 0.717) is 19.6 Å². The molecular formula is C19H24FN3O2. The fraction of sp³-hybridized carbons (Fsp3) is 0.474. The first kappa shape index (κ1) is 17.5. The average Bonchev–Trinajstić information content (AvgIpc) is 2.97. The number of hydrogen-bond acceptors (Lipinski definition) is 2. The quantitative estimate of drug-likeness (QED) is 0.806. The number of halogens is 1. The van der Waals surface area contributed by atoms with Crippen LogP contribution in [0.3, 0.4) is 0 Å². The van der Waals surface area contributed by atoms with Gasteiger partial charge in [-0.05, 0) is 44.2 Å². The number of rotatable bonds is 6. The summed E-state index contributed by atoms with van der Waals surface area (Å²) in [6.07, 6.45) is 7.89. The van der Waals surface area contributed by atoms with Gasteiger partial charge in [-0.25, -0.2) is 9.18 Å². The second-order valence-corrected chi connectivity index (χ2v) is 6.52. The number of carbonyl (C=O) groups is 2. The second-order valence-electron chi connectivity index (χ2n) is 6.52. The lowest BCUT2D eigenvalue weighted by atomic mass is 9.97. The van der Waals surface area contributed by atoms with Crippen molar-refractivity contribution < 1.29 is 14.0 Å². The van der Waals surface area contributed by atoms with E-state index in [9.17, 15) is 14.0 Å². The molecule has 0 unspecified atom stereocenters. The minimum absolute atomic E-state index is 0.0167. The Balaban J connectivity index is 1.47. The van der Waals surface area contributed by atoms with Crippen LogP contribution in [-0.2, 0) is 4.79 Å². The molecule has 1 aliphatic carbocycles. The summed E-state index contributed by atoms with van der Waals surface area (Å²) in [7, 11) is 0. The van der Waals surface area contributed by atoms with Crippen molar-refractivity contribution in [2.45, 2.75) is 32.1 Å². The van der Waals surface area contributed by atoms with Gasteiger partial charge in [-0.1, -0.05) is 23.8 Å².